The molecule has 0 atom stereocenters. The summed E-state index contributed by atoms with van der Waals surface area (Å²) in [6.07, 6.45) is 3.46. The zero-order chi connectivity index (χ0) is 7.56. The highest BCUT2D eigenvalue weighted by molar-refractivity contribution is 9.10. The van der Waals surface area contributed by atoms with E-state index in [1.807, 2.05) is 13.1 Å². The Labute approximate surface area is 67.4 Å². The van der Waals surface area contributed by atoms with Crippen molar-refractivity contribution in [2.45, 2.75) is 13.5 Å². The molecule has 0 aromatic carbocycles. The van der Waals surface area contributed by atoms with E-state index in [9.17, 15) is 0 Å². The minimum atomic E-state index is 0.297. The number of hydrogen-bond donors (Lipinski definition) is 1. The molecule has 0 aliphatic heterocycles. The first-order valence-corrected chi connectivity index (χ1v) is 3.80. The maximum atomic E-state index is 7.30. The zero-order valence-electron chi connectivity index (χ0n) is 5.63. The van der Waals surface area contributed by atoms with Crippen LogP contribution >= 0.6 is 15.9 Å². The third-order valence-electron chi connectivity index (χ3n) is 1.20. The average Bonchev–Trinajstić information content (AvgIpc) is 1.94. The van der Waals surface area contributed by atoms with Gasteiger partial charge in [-0.25, -0.2) is 4.98 Å². The van der Waals surface area contributed by atoms with E-state index in [-0.39, 0.29) is 0 Å². The first kappa shape index (κ1) is 7.47. The van der Waals surface area contributed by atoms with Gasteiger partial charge in [-0.05, 0) is 22.9 Å². The molecule has 1 aromatic rings. The van der Waals surface area contributed by atoms with Gasteiger partial charge in [0.1, 0.15) is 0 Å². The molecule has 0 fully saturated rings. The normalized spacial score (nSPS) is 9.80. The smallest absolute Gasteiger partial charge is 0.221 e. The van der Waals surface area contributed by atoms with Gasteiger partial charge in [0.05, 0.1) is 4.47 Å². The Hall–Kier alpha value is -0.640. The van der Waals surface area contributed by atoms with Gasteiger partial charge in [-0.1, -0.05) is 0 Å². The van der Waals surface area contributed by atoms with Gasteiger partial charge in [0.15, 0.2) is 0 Å². The van der Waals surface area contributed by atoms with Crippen LogP contribution in [0.3, 0.4) is 0 Å². The Morgan fingerprint density at radius 3 is 3.00 bits per heavy atom. The van der Waals surface area contributed by atoms with Crippen molar-refractivity contribution in [2.24, 2.45) is 0 Å². The molecule has 0 unspecified atom stereocenters. The molecule has 0 bridgehead atoms. The topological polar surface area (TPSA) is 41.7 Å². The van der Waals surface area contributed by atoms with Crippen LogP contribution in [0.4, 0.5) is 0 Å². The Morgan fingerprint density at radius 1 is 1.80 bits per heavy atom. The highest BCUT2D eigenvalue weighted by Gasteiger charge is 1.90. The van der Waals surface area contributed by atoms with Crippen molar-refractivity contribution in [1.29, 1.82) is 5.41 Å². The average molecular weight is 202 g/mol. The highest BCUT2D eigenvalue weighted by atomic mass is 79.9. The van der Waals surface area contributed by atoms with Crippen molar-refractivity contribution in [3.8, 4) is 0 Å². The molecule has 3 nitrogen and oxygen atoms in total. The fourth-order valence-electron chi connectivity index (χ4n) is 0.681. The van der Waals surface area contributed by atoms with E-state index in [0.717, 1.165) is 11.0 Å². The number of aryl methyl sites for hydroxylation is 1. The fourth-order valence-corrected chi connectivity index (χ4v) is 1.03. The summed E-state index contributed by atoms with van der Waals surface area (Å²) in [6.45, 7) is 2.76. The van der Waals surface area contributed by atoms with Crippen LogP contribution in [-0.2, 0) is 6.54 Å². The molecule has 0 aliphatic rings. The number of nitrogens with one attached hydrogen (secondary N) is 1. The summed E-state index contributed by atoms with van der Waals surface area (Å²) in [4.78, 5) is 3.83. The van der Waals surface area contributed by atoms with Crippen molar-refractivity contribution in [3.05, 3.63) is 22.5 Å². The standard InChI is InChI=1S/C6H8BrN3/c1-2-10-4-5(7)3-9-6(10)8/h3-4,8H,2H2,1H3. The second-order valence-corrected chi connectivity index (χ2v) is 2.80. The van der Waals surface area contributed by atoms with E-state index in [2.05, 4.69) is 20.9 Å². The first-order chi connectivity index (χ1) is 4.74. The second-order valence-electron chi connectivity index (χ2n) is 1.88. The van der Waals surface area contributed by atoms with Crippen LogP contribution in [-0.4, -0.2) is 9.55 Å². The molecular weight excluding hydrogens is 194 g/mol. The van der Waals surface area contributed by atoms with E-state index in [0.29, 0.717) is 5.62 Å². The summed E-state index contributed by atoms with van der Waals surface area (Å²) in [5.41, 5.74) is 0.297. The van der Waals surface area contributed by atoms with Gasteiger partial charge in [0, 0.05) is 18.9 Å². The molecule has 0 amide bonds. The van der Waals surface area contributed by atoms with Crippen molar-refractivity contribution in [3.63, 3.8) is 0 Å². The molecular formula is C6H8BrN3. The molecule has 0 saturated heterocycles. The molecule has 0 spiro atoms. The SMILES string of the molecule is CCn1cc(Br)cnc1=N. The Kier molecular flexibility index (Phi) is 2.21. The molecule has 54 valence electrons. The number of nitrogens with zero attached hydrogens (tertiary/aromatic N) is 2. The predicted octanol–water partition coefficient (Wildman–Crippen LogP) is 1.14. The lowest BCUT2D eigenvalue weighted by atomic mass is 10.6. The van der Waals surface area contributed by atoms with Gasteiger partial charge >= 0.3 is 0 Å². The Balaban J connectivity index is 3.22. The molecule has 10 heavy (non-hydrogen) atoms. The van der Waals surface area contributed by atoms with Crippen LogP contribution in [0.15, 0.2) is 16.9 Å². The summed E-state index contributed by atoms with van der Waals surface area (Å²) in [6, 6.07) is 0. The van der Waals surface area contributed by atoms with Gasteiger partial charge in [0.25, 0.3) is 0 Å². The van der Waals surface area contributed by atoms with E-state index >= 15 is 0 Å². The molecule has 4 heteroatoms. The minimum absolute atomic E-state index is 0.297. The first-order valence-electron chi connectivity index (χ1n) is 3.00. The van der Waals surface area contributed by atoms with Crippen LogP contribution in [0, 0.1) is 5.41 Å². The summed E-state index contributed by atoms with van der Waals surface area (Å²) >= 11 is 3.27. The molecule has 0 aliphatic carbocycles. The maximum Gasteiger partial charge on any atom is 0.221 e. The van der Waals surface area contributed by atoms with Crippen LogP contribution in [0.5, 0.6) is 0 Å². The Morgan fingerprint density at radius 2 is 2.50 bits per heavy atom. The lowest BCUT2D eigenvalue weighted by Gasteiger charge is -2.00. The third-order valence-corrected chi connectivity index (χ3v) is 1.61. The van der Waals surface area contributed by atoms with Gasteiger partial charge in [0.2, 0.25) is 5.62 Å². The molecule has 0 saturated carbocycles. The molecule has 1 heterocycles. The summed E-state index contributed by atoms with van der Waals surface area (Å²) in [7, 11) is 0. The number of hydrogen-bond acceptors (Lipinski definition) is 2. The summed E-state index contributed by atoms with van der Waals surface area (Å²) in [5, 5.41) is 7.30. The van der Waals surface area contributed by atoms with E-state index in [4.69, 9.17) is 5.41 Å². The lowest BCUT2D eigenvalue weighted by Crippen LogP contribution is -2.20. The molecule has 1 N–H and O–H groups in total. The number of halogens is 1. The predicted molar refractivity (Wildman–Crippen MR) is 41.5 cm³/mol. The van der Waals surface area contributed by atoms with Gasteiger partial charge < -0.3 is 4.57 Å². The molecule has 1 aromatic heterocycles. The lowest BCUT2D eigenvalue weighted by molar-refractivity contribution is 0.666. The third kappa shape index (κ3) is 1.44. The fraction of sp³-hybridized carbons (Fsp3) is 0.333. The molecule has 0 radical (unpaired) electrons. The van der Waals surface area contributed by atoms with Crippen LogP contribution < -0.4 is 5.62 Å². The van der Waals surface area contributed by atoms with Gasteiger partial charge in [-0.3, -0.25) is 5.41 Å². The molecule has 1 rings (SSSR count). The van der Waals surface area contributed by atoms with Crippen molar-refractivity contribution >= 4 is 15.9 Å². The van der Waals surface area contributed by atoms with Gasteiger partial charge in [-0.2, -0.15) is 0 Å². The van der Waals surface area contributed by atoms with Crippen LogP contribution in [0.25, 0.3) is 0 Å². The van der Waals surface area contributed by atoms with Crippen LogP contribution in [0.2, 0.25) is 0 Å². The number of rotatable bonds is 1. The van der Waals surface area contributed by atoms with Crippen LogP contribution in [0.1, 0.15) is 6.92 Å². The van der Waals surface area contributed by atoms with Crippen molar-refractivity contribution in [2.75, 3.05) is 0 Å². The second kappa shape index (κ2) is 2.96. The van der Waals surface area contributed by atoms with Crippen molar-refractivity contribution < 1.29 is 0 Å². The monoisotopic (exact) mass is 201 g/mol. The van der Waals surface area contributed by atoms with E-state index in [1.165, 1.54) is 0 Å². The van der Waals surface area contributed by atoms with E-state index in [1.54, 1.807) is 10.8 Å². The zero-order valence-corrected chi connectivity index (χ0v) is 7.22. The van der Waals surface area contributed by atoms with E-state index < -0.39 is 0 Å². The summed E-state index contributed by atoms with van der Waals surface area (Å²) < 4.78 is 2.66. The largest absolute Gasteiger partial charge is 0.317 e. The number of aromatic nitrogens is 2. The van der Waals surface area contributed by atoms with Gasteiger partial charge in [-0.15, -0.1) is 0 Å². The minimum Gasteiger partial charge on any atom is -0.317 e. The summed E-state index contributed by atoms with van der Waals surface area (Å²) in [5.74, 6) is 0. The maximum absolute atomic E-state index is 7.30. The Bertz CT molecular complexity index is 279. The highest BCUT2D eigenvalue weighted by Crippen LogP contribution is 2.02. The van der Waals surface area contributed by atoms with Crippen molar-refractivity contribution in [1.82, 2.24) is 9.55 Å². The quantitative estimate of drug-likeness (QED) is 0.728.